The maximum Gasteiger partial charge on any atom is 0.312 e. The molecule has 2 N–H and O–H groups in total. The molecule has 0 saturated carbocycles. The Morgan fingerprint density at radius 3 is 2.64 bits per heavy atom. The van der Waals surface area contributed by atoms with Gasteiger partial charge in [0, 0.05) is 13.1 Å². The summed E-state index contributed by atoms with van der Waals surface area (Å²) in [4.78, 5) is 25.6. The first-order valence-corrected chi connectivity index (χ1v) is 7.75. The van der Waals surface area contributed by atoms with Crippen LogP contribution in [0.25, 0.3) is 0 Å². The van der Waals surface area contributed by atoms with Crippen LogP contribution in [-0.4, -0.2) is 46.2 Å². The van der Waals surface area contributed by atoms with Crippen LogP contribution in [0.5, 0.6) is 0 Å². The van der Waals surface area contributed by atoms with E-state index in [4.69, 9.17) is 11.6 Å². The van der Waals surface area contributed by atoms with Gasteiger partial charge in [0.25, 0.3) is 5.91 Å². The first-order valence-electron chi connectivity index (χ1n) is 7.37. The van der Waals surface area contributed by atoms with E-state index >= 15 is 0 Å². The van der Waals surface area contributed by atoms with E-state index in [1.165, 1.54) is 4.90 Å². The monoisotopic (exact) mass is 325 g/mol. The van der Waals surface area contributed by atoms with E-state index in [0.29, 0.717) is 30.0 Å². The van der Waals surface area contributed by atoms with Gasteiger partial charge in [-0.2, -0.15) is 0 Å². The Bertz CT molecular complexity index is 577. The second kappa shape index (κ2) is 6.67. The van der Waals surface area contributed by atoms with Crippen molar-refractivity contribution < 1.29 is 19.8 Å². The van der Waals surface area contributed by atoms with Gasteiger partial charge < -0.3 is 15.1 Å². The summed E-state index contributed by atoms with van der Waals surface area (Å²) in [5.74, 6) is -1.27. The van der Waals surface area contributed by atoms with Gasteiger partial charge in [-0.15, -0.1) is 0 Å². The van der Waals surface area contributed by atoms with Gasteiger partial charge in [0.05, 0.1) is 22.1 Å². The largest absolute Gasteiger partial charge is 0.481 e. The van der Waals surface area contributed by atoms with Crippen LogP contribution in [0.2, 0.25) is 5.02 Å². The maximum atomic E-state index is 12.5. The number of carboxylic acid groups (broad SMARTS) is 1. The number of β-amino-alcohol motifs (C(OH)–C–C–N with tert-alkyl or cyclic N) is 1. The Morgan fingerprint density at radius 1 is 1.41 bits per heavy atom. The maximum absolute atomic E-state index is 12.5. The normalized spacial score (nSPS) is 25.0. The molecule has 1 fully saturated rings. The van der Waals surface area contributed by atoms with Gasteiger partial charge in [0.15, 0.2) is 0 Å². The summed E-state index contributed by atoms with van der Waals surface area (Å²) in [5.41, 5.74) is -0.791. The van der Waals surface area contributed by atoms with Crippen LogP contribution in [-0.2, 0) is 4.79 Å². The summed E-state index contributed by atoms with van der Waals surface area (Å²) in [6, 6.07) is 6.72. The van der Waals surface area contributed by atoms with Gasteiger partial charge in [-0.3, -0.25) is 9.59 Å². The Kier molecular flexibility index (Phi) is 5.08. The summed E-state index contributed by atoms with van der Waals surface area (Å²) in [7, 11) is 0. The Balaban J connectivity index is 2.18. The van der Waals surface area contributed by atoms with E-state index < -0.39 is 17.5 Å². The molecule has 1 aliphatic rings. The lowest BCUT2D eigenvalue weighted by molar-refractivity contribution is -0.162. The zero-order chi connectivity index (χ0) is 16.3. The van der Waals surface area contributed by atoms with E-state index in [-0.39, 0.29) is 18.9 Å². The molecule has 0 aliphatic carbocycles. The molecule has 120 valence electrons. The average Bonchev–Trinajstić information content (AvgIpc) is 2.49. The van der Waals surface area contributed by atoms with Crippen LogP contribution in [0.4, 0.5) is 0 Å². The third-order valence-electron chi connectivity index (χ3n) is 4.37. The molecule has 0 aromatic heterocycles. The van der Waals surface area contributed by atoms with Crippen LogP contribution in [0, 0.1) is 5.41 Å². The van der Waals surface area contributed by atoms with Crippen LogP contribution in [0.15, 0.2) is 24.3 Å². The van der Waals surface area contributed by atoms with Crippen LogP contribution in [0.3, 0.4) is 0 Å². The molecular formula is C16H20ClNO4. The number of aliphatic hydroxyl groups is 1. The molecule has 0 spiro atoms. The number of piperidine rings is 1. The number of carbonyl (C=O) groups excluding carboxylic acids is 1. The number of nitrogens with zero attached hydrogens (tertiary/aromatic N) is 1. The molecule has 1 amide bonds. The first-order chi connectivity index (χ1) is 10.4. The average molecular weight is 326 g/mol. The van der Waals surface area contributed by atoms with Gasteiger partial charge >= 0.3 is 5.97 Å². The van der Waals surface area contributed by atoms with E-state index in [1.54, 1.807) is 24.3 Å². The van der Waals surface area contributed by atoms with E-state index in [1.807, 2.05) is 6.92 Å². The molecule has 1 aromatic rings. The lowest BCUT2D eigenvalue weighted by atomic mass is 9.72. The summed E-state index contributed by atoms with van der Waals surface area (Å²) in [6.45, 7) is 2.20. The van der Waals surface area contributed by atoms with Crippen molar-refractivity contribution >= 4 is 23.5 Å². The second-order valence-corrected chi connectivity index (χ2v) is 6.12. The number of benzene rings is 1. The van der Waals surface area contributed by atoms with Crippen molar-refractivity contribution in [2.75, 3.05) is 13.1 Å². The minimum atomic E-state index is -1.16. The molecule has 1 aromatic carbocycles. The van der Waals surface area contributed by atoms with Gasteiger partial charge in [-0.1, -0.05) is 37.1 Å². The summed E-state index contributed by atoms with van der Waals surface area (Å²) in [6.07, 6.45) is 0.234. The van der Waals surface area contributed by atoms with Crippen molar-refractivity contribution in [3.63, 3.8) is 0 Å². The van der Waals surface area contributed by atoms with Crippen molar-refractivity contribution in [3.05, 3.63) is 34.9 Å². The smallest absolute Gasteiger partial charge is 0.312 e. The van der Waals surface area contributed by atoms with E-state index in [9.17, 15) is 19.8 Å². The highest BCUT2D eigenvalue weighted by molar-refractivity contribution is 6.33. The minimum Gasteiger partial charge on any atom is -0.481 e. The topological polar surface area (TPSA) is 77.8 Å². The van der Waals surface area contributed by atoms with Crippen LogP contribution >= 0.6 is 11.6 Å². The predicted molar refractivity (Wildman–Crippen MR) is 83.0 cm³/mol. The Hall–Kier alpha value is -1.59. The SMILES string of the molecule is CCC[C@]1(C(=O)O)CCN(C(=O)c2ccccc2Cl)C[C@@H]1O. The van der Waals surface area contributed by atoms with Crippen molar-refractivity contribution in [3.8, 4) is 0 Å². The fourth-order valence-electron chi connectivity index (χ4n) is 3.06. The zero-order valence-corrected chi connectivity index (χ0v) is 13.2. The van der Waals surface area contributed by atoms with Gasteiger partial charge in [0.1, 0.15) is 0 Å². The van der Waals surface area contributed by atoms with Crippen molar-refractivity contribution in [2.45, 2.75) is 32.3 Å². The number of rotatable bonds is 4. The molecule has 0 radical (unpaired) electrons. The standard InChI is InChI=1S/C16H20ClNO4/c1-2-7-16(15(21)22)8-9-18(10-13(16)19)14(20)11-5-3-4-6-12(11)17/h3-6,13,19H,2,7-10H2,1H3,(H,21,22)/t13-,16-/m0/s1. The second-order valence-electron chi connectivity index (χ2n) is 5.71. The molecule has 5 nitrogen and oxygen atoms in total. The molecule has 2 rings (SSSR count). The molecule has 1 heterocycles. The fraction of sp³-hybridized carbons (Fsp3) is 0.500. The lowest BCUT2D eigenvalue weighted by Gasteiger charge is -2.42. The quantitative estimate of drug-likeness (QED) is 0.891. The molecule has 0 unspecified atom stereocenters. The Labute approximate surface area is 134 Å². The summed E-state index contributed by atoms with van der Waals surface area (Å²) >= 11 is 6.03. The molecule has 0 bridgehead atoms. The first kappa shape index (κ1) is 16.8. The molecule has 2 atom stereocenters. The van der Waals surface area contributed by atoms with Crippen LogP contribution in [0.1, 0.15) is 36.5 Å². The van der Waals surface area contributed by atoms with Crippen molar-refractivity contribution in [2.24, 2.45) is 5.41 Å². The van der Waals surface area contributed by atoms with Gasteiger partial charge in [-0.05, 0) is 25.0 Å². The molecular weight excluding hydrogens is 306 g/mol. The number of hydrogen-bond acceptors (Lipinski definition) is 3. The highest BCUT2D eigenvalue weighted by Gasteiger charge is 2.48. The third-order valence-corrected chi connectivity index (χ3v) is 4.70. The molecule has 6 heteroatoms. The van der Waals surface area contributed by atoms with Crippen LogP contribution < -0.4 is 0 Å². The Morgan fingerprint density at radius 2 is 2.09 bits per heavy atom. The minimum absolute atomic E-state index is 0.0103. The highest BCUT2D eigenvalue weighted by Crippen LogP contribution is 2.37. The third kappa shape index (κ3) is 2.96. The van der Waals surface area contributed by atoms with Crippen molar-refractivity contribution in [1.29, 1.82) is 0 Å². The number of carboxylic acids is 1. The van der Waals surface area contributed by atoms with E-state index in [0.717, 1.165) is 0 Å². The van der Waals surface area contributed by atoms with E-state index in [2.05, 4.69) is 0 Å². The van der Waals surface area contributed by atoms with Gasteiger partial charge in [-0.25, -0.2) is 0 Å². The molecule has 22 heavy (non-hydrogen) atoms. The summed E-state index contributed by atoms with van der Waals surface area (Å²) in [5, 5.41) is 20.2. The zero-order valence-electron chi connectivity index (χ0n) is 12.5. The lowest BCUT2D eigenvalue weighted by Crippen LogP contribution is -2.56. The molecule has 1 aliphatic heterocycles. The van der Waals surface area contributed by atoms with Gasteiger partial charge in [0.2, 0.25) is 0 Å². The number of hydrogen-bond donors (Lipinski definition) is 2. The number of halogens is 1. The molecule has 1 saturated heterocycles. The summed E-state index contributed by atoms with van der Waals surface area (Å²) < 4.78 is 0. The predicted octanol–water partition coefficient (Wildman–Crippen LogP) is 2.42. The number of amides is 1. The number of likely N-dealkylation sites (tertiary alicyclic amines) is 1. The number of carbonyl (C=O) groups is 2. The highest BCUT2D eigenvalue weighted by atomic mass is 35.5. The van der Waals surface area contributed by atoms with Crippen molar-refractivity contribution in [1.82, 2.24) is 4.90 Å². The number of aliphatic carboxylic acids is 1. The fourth-order valence-corrected chi connectivity index (χ4v) is 3.28. The number of aliphatic hydroxyl groups excluding tert-OH is 1.